The second-order valence-corrected chi connectivity index (χ2v) is 5.16. The number of aromatic nitrogens is 1. The first kappa shape index (κ1) is 14.4. The summed E-state index contributed by atoms with van der Waals surface area (Å²) in [6, 6.07) is 10.9. The zero-order chi connectivity index (χ0) is 14.5. The van der Waals surface area contributed by atoms with Gasteiger partial charge in [0.15, 0.2) is 0 Å². The second kappa shape index (κ2) is 6.47. The molecule has 0 saturated heterocycles. The lowest BCUT2D eigenvalue weighted by Gasteiger charge is -2.16. The molecule has 0 aliphatic carbocycles. The van der Waals surface area contributed by atoms with Crippen molar-refractivity contribution in [3.63, 3.8) is 0 Å². The van der Waals surface area contributed by atoms with E-state index in [1.807, 2.05) is 0 Å². The first-order chi connectivity index (χ1) is 9.63. The summed E-state index contributed by atoms with van der Waals surface area (Å²) >= 11 is 0. The van der Waals surface area contributed by atoms with Gasteiger partial charge in [0.1, 0.15) is 0 Å². The van der Waals surface area contributed by atoms with E-state index in [-0.39, 0.29) is 0 Å². The quantitative estimate of drug-likeness (QED) is 0.773. The predicted octanol–water partition coefficient (Wildman–Crippen LogP) is 4.52. The van der Waals surface area contributed by atoms with Gasteiger partial charge in [0.2, 0.25) is 0 Å². The standard InChI is InChI=1S/C18H24N2/c1-5-19(4)18-9-7-16(8-10-18)13-15(3)17-11-12-20(6-2)14-17/h7-14H,5-6H2,1-4H3/b15-13+. The van der Waals surface area contributed by atoms with Crippen molar-refractivity contribution in [3.8, 4) is 0 Å². The maximum atomic E-state index is 2.24. The molecule has 1 heterocycles. The molecule has 0 aliphatic rings. The van der Waals surface area contributed by atoms with Crippen molar-refractivity contribution in [2.45, 2.75) is 27.3 Å². The number of hydrogen-bond donors (Lipinski definition) is 0. The Bertz CT molecular complexity index is 576. The van der Waals surface area contributed by atoms with Crippen LogP contribution in [0.15, 0.2) is 42.7 Å². The molecule has 106 valence electrons. The lowest BCUT2D eigenvalue weighted by Crippen LogP contribution is -2.15. The van der Waals surface area contributed by atoms with E-state index in [2.05, 4.69) is 86.1 Å². The molecule has 0 aliphatic heterocycles. The van der Waals surface area contributed by atoms with E-state index in [0.29, 0.717) is 0 Å². The molecule has 0 fully saturated rings. The molecule has 2 heteroatoms. The lowest BCUT2D eigenvalue weighted by molar-refractivity contribution is 0.768. The number of rotatable bonds is 5. The highest BCUT2D eigenvalue weighted by Crippen LogP contribution is 2.20. The number of nitrogens with zero attached hydrogens (tertiary/aromatic N) is 2. The van der Waals surface area contributed by atoms with Crippen molar-refractivity contribution in [1.82, 2.24) is 4.57 Å². The summed E-state index contributed by atoms with van der Waals surface area (Å²) in [5, 5.41) is 0. The van der Waals surface area contributed by atoms with Crippen LogP contribution in [0.3, 0.4) is 0 Å². The van der Waals surface area contributed by atoms with E-state index < -0.39 is 0 Å². The van der Waals surface area contributed by atoms with Crippen molar-refractivity contribution >= 4 is 17.3 Å². The number of anilines is 1. The third-order valence-corrected chi connectivity index (χ3v) is 3.76. The Labute approximate surface area is 122 Å². The number of hydrogen-bond acceptors (Lipinski definition) is 1. The Hall–Kier alpha value is -1.96. The summed E-state index contributed by atoms with van der Waals surface area (Å²) in [4.78, 5) is 2.24. The normalized spacial score (nSPS) is 11.7. The third-order valence-electron chi connectivity index (χ3n) is 3.76. The molecular formula is C18H24N2. The Balaban J connectivity index is 2.17. The molecule has 1 aromatic carbocycles. The SMILES string of the molecule is CCN(C)c1ccc(/C=C(\C)c2ccn(CC)c2)cc1. The van der Waals surface area contributed by atoms with E-state index in [4.69, 9.17) is 0 Å². The van der Waals surface area contributed by atoms with Gasteiger partial charge in [-0.15, -0.1) is 0 Å². The molecule has 0 unspecified atom stereocenters. The molecule has 0 N–H and O–H groups in total. The van der Waals surface area contributed by atoms with Crippen LogP contribution in [0.2, 0.25) is 0 Å². The predicted molar refractivity (Wildman–Crippen MR) is 89.0 cm³/mol. The number of benzene rings is 1. The van der Waals surface area contributed by atoms with Crippen LogP contribution >= 0.6 is 0 Å². The van der Waals surface area contributed by atoms with Gasteiger partial charge in [-0.25, -0.2) is 0 Å². The summed E-state index contributed by atoms with van der Waals surface area (Å²) in [5.74, 6) is 0. The topological polar surface area (TPSA) is 8.17 Å². The summed E-state index contributed by atoms with van der Waals surface area (Å²) in [5.41, 5.74) is 5.11. The summed E-state index contributed by atoms with van der Waals surface area (Å²) < 4.78 is 2.20. The molecule has 1 aromatic heterocycles. The molecule has 0 spiro atoms. The van der Waals surface area contributed by atoms with Crippen molar-refractivity contribution in [1.29, 1.82) is 0 Å². The van der Waals surface area contributed by atoms with Gasteiger partial charge >= 0.3 is 0 Å². The Morgan fingerprint density at radius 3 is 2.40 bits per heavy atom. The van der Waals surface area contributed by atoms with Gasteiger partial charge in [-0.2, -0.15) is 0 Å². The van der Waals surface area contributed by atoms with Crippen LogP contribution in [0.4, 0.5) is 5.69 Å². The van der Waals surface area contributed by atoms with E-state index in [1.165, 1.54) is 22.4 Å². The zero-order valence-corrected chi connectivity index (χ0v) is 12.9. The van der Waals surface area contributed by atoms with Crippen LogP contribution in [0.25, 0.3) is 11.6 Å². The lowest BCUT2D eigenvalue weighted by atomic mass is 10.1. The van der Waals surface area contributed by atoms with Crippen molar-refractivity contribution in [2.24, 2.45) is 0 Å². The van der Waals surface area contributed by atoms with Crippen LogP contribution in [0, 0.1) is 0 Å². The van der Waals surface area contributed by atoms with Crippen LogP contribution in [-0.4, -0.2) is 18.2 Å². The van der Waals surface area contributed by atoms with Gasteiger partial charge in [-0.05, 0) is 55.7 Å². The number of aryl methyl sites for hydroxylation is 1. The highest BCUT2D eigenvalue weighted by atomic mass is 15.1. The van der Waals surface area contributed by atoms with E-state index >= 15 is 0 Å². The Kier molecular flexibility index (Phi) is 4.67. The monoisotopic (exact) mass is 268 g/mol. The van der Waals surface area contributed by atoms with Crippen molar-refractivity contribution in [3.05, 3.63) is 53.9 Å². The zero-order valence-electron chi connectivity index (χ0n) is 12.9. The second-order valence-electron chi connectivity index (χ2n) is 5.16. The van der Waals surface area contributed by atoms with Gasteiger partial charge < -0.3 is 9.47 Å². The Morgan fingerprint density at radius 2 is 1.85 bits per heavy atom. The van der Waals surface area contributed by atoms with E-state index in [1.54, 1.807) is 0 Å². The molecule has 0 bridgehead atoms. The minimum Gasteiger partial charge on any atom is -0.375 e. The fourth-order valence-corrected chi connectivity index (χ4v) is 2.21. The molecule has 0 radical (unpaired) electrons. The van der Waals surface area contributed by atoms with Crippen LogP contribution in [0.1, 0.15) is 31.9 Å². The van der Waals surface area contributed by atoms with Gasteiger partial charge in [0, 0.05) is 38.2 Å². The molecule has 2 nitrogen and oxygen atoms in total. The van der Waals surface area contributed by atoms with Crippen LogP contribution in [-0.2, 0) is 6.54 Å². The maximum absolute atomic E-state index is 2.24. The molecular weight excluding hydrogens is 244 g/mol. The third kappa shape index (κ3) is 3.32. The molecule has 0 amide bonds. The number of allylic oxidation sites excluding steroid dienone is 1. The molecule has 2 aromatic rings. The van der Waals surface area contributed by atoms with Gasteiger partial charge in [0.05, 0.1) is 0 Å². The van der Waals surface area contributed by atoms with Crippen LogP contribution < -0.4 is 4.90 Å². The smallest absolute Gasteiger partial charge is 0.0363 e. The van der Waals surface area contributed by atoms with Crippen molar-refractivity contribution < 1.29 is 0 Å². The molecule has 20 heavy (non-hydrogen) atoms. The van der Waals surface area contributed by atoms with Gasteiger partial charge in [-0.1, -0.05) is 18.2 Å². The minimum absolute atomic E-state index is 1.02. The summed E-state index contributed by atoms with van der Waals surface area (Å²) in [7, 11) is 2.11. The Morgan fingerprint density at radius 1 is 1.15 bits per heavy atom. The van der Waals surface area contributed by atoms with Gasteiger partial charge in [0.25, 0.3) is 0 Å². The maximum Gasteiger partial charge on any atom is 0.0363 e. The van der Waals surface area contributed by atoms with Crippen molar-refractivity contribution in [2.75, 3.05) is 18.5 Å². The fraction of sp³-hybridized carbons (Fsp3) is 0.333. The summed E-state index contributed by atoms with van der Waals surface area (Å²) in [6.45, 7) is 8.54. The van der Waals surface area contributed by atoms with E-state index in [0.717, 1.165) is 13.1 Å². The average Bonchev–Trinajstić information content (AvgIpc) is 2.96. The minimum atomic E-state index is 1.02. The summed E-state index contributed by atoms with van der Waals surface area (Å²) in [6.07, 6.45) is 6.57. The van der Waals surface area contributed by atoms with Gasteiger partial charge in [-0.3, -0.25) is 0 Å². The largest absolute Gasteiger partial charge is 0.375 e. The molecule has 2 rings (SSSR count). The molecule has 0 atom stereocenters. The first-order valence-corrected chi connectivity index (χ1v) is 7.29. The highest BCUT2D eigenvalue weighted by Gasteiger charge is 2.00. The molecule has 0 saturated carbocycles. The van der Waals surface area contributed by atoms with Crippen LogP contribution in [0.5, 0.6) is 0 Å². The van der Waals surface area contributed by atoms with E-state index in [9.17, 15) is 0 Å². The first-order valence-electron chi connectivity index (χ1n) is 7.29. The fourth-order valence-electron chi connectivity index (χ4n) is 2.21. The highest BCUT2D eigenvalue weighted by molar-refractivity contribution is 5.80. The average molecular weight is 268 g/mol.